The van der Waals surface area contributed by atoms with Crippen molar-refractivity contribution in [2.75, 3.05) is 6.61 Å². The highest BCUT2D eigenvalue weighted by molar-refractivity contribution is 6.76. The molecule has 2 aromatic heterocycles. The highest BCUT2D eigenvalue weighted by Crippen LogP contribution is 2.19. The second-order valence-electron chi connectivity index (χ2n) is 6.34. The van der Waals surface area contributed by atoms with Crippen molar-refractivity contribution in [2.45, 2.75) is 32.4 Å². The van der Waals surface area contributed by atoms with Gasteiger partial charge in [-0.15, -0.1) is 0 Å². The van der Waals surface area contributed by atoms with E-state index in [4.69, 9.17) is 4.74 Å². The molecule has 0 bridgehead atoms. The maximum absolute atomic E-state index is 11.3. The predicted octanol–water partition coefficient (Wildman–Crippen LogP) is 3.08. The first-order valence-electron chi connectivity index (χ1n) is 7.11. The van der Waals surface area contributed by atoms with Crippen molar-refractivity contribution in [3.63, 3.8) is 0 Å². The summed E-state index contributed by atoms with van der Waals surface area (Å²) in [6.07, 6.45) is 4.63. The van der Waals surface area contributed by atoms with Gasteiger partial charge in [0.2, 0.25) is 0 Å². The summed E-state index contributed by atoms with van der Waals surface area (Å²) in [6, 6.07) is 1.06. The minimum absolute atomic E-state index is 0.125. The highest BCUT2D eigenvalue weighted by Gasteiger charge is 2.17. The Kier molecular flexibility index (Phi) is 4.77. The van der Waals surface area contributed by atoms with Gasteiger partial charge in [0.15, 0.2) is 5.65 Å². The summed E-state index contributed by atoms with van der Waals surface area (Å²) in [5.74, 6) is -1.03. The van der Waals surface area contributed by atoms with Crippen LogP contribution in [0.3, 0.4) is 0 Å². The van der Waals surface area contributed by atoms with Gasteiger partial charge in [0.05, 0.1) is 11.9 Å². The van der Waals surface area contributed by atoms with E-state index >= 15 is 0 Å². The van der Waals surface area contributed by atoms with Crippen molar-refractivity contribution >= 4 is 31.3 Å². The van der Waals surface area contributed by atoms with Crippen molar-refractivity contribution in [3.05, 3.63) is 30.2 Å². The minimum Gasteiger partial charge on any atom is -0.478 e. The van der Waals surface area contributed by atoms with Gasteiger partial charge < -0.3 is 14.4 Å². The number of hydrogen-bond acceptors (Lipinski definition) is 4. The Morgan fingerprint density at radius 3 is 2.82 bits per heavy atom. The van der Waals surface area contributed by atoms with Crippen molar-refractivity contribution in [1.82, 2.24) is 14.5 Å². The van der Waals surface area contributed by atoms with Crippen LogP contribution in [0.4, 0.5) is 0 Å². The van der Waals surface area contributed by atoms with Gasteiger partial charge in [0, 0.05) is 20.9 Å². The van der Waals surface area contributed by atoms with Crippen LogP contribution in [0.2, 0.25) is 25.7 Å². The molecule has 0 aliphatic carbocycles. The molecule has 0 saturated carbocycles. The molecule has 6 nitrogen and oxygen atoms in total. The summed E-state index contributed by atoms with van der Waals surface area (Å²) >= 11 is 0. The number of fused-ring (bicyclic) bond motifs is 1. The number of carboxylic acid groups (broad SMARTS) is 1. The molecule has 0 amide bonds. The fraction of sp³-hybridized carbons (Fsp3) is 0.400. The van der Waals surface area contributed by atoms with Crippen LogP contribution in [0.25, 0.3) is 17.2 Å². The first-order chi connectivity index (χ1) is 10.3. The number of rotatable bonds is 7. The van der Waals surface area contributed by atoms with Crippen LogP contribution in [0.15, 0.2) is 19.0 Å². The normalized spacial score (nSPS) is 11.8. The third kappa shape index (κ3) is 3.80. The summed E-state index contributed by atoms with van der Waals surface area (Å²) in [5, 5.41) is 9.30. The van der Waals surface area contributed by atoms with Gasteiger partial charge in [0.1, 0.15) is 17.8 Å². The van der Waals surface area contributed by atoms with Crippen molar-refractivity contribution in [1.29, 1.82) is 0 Å². The molecule has 0 aliphatic rings. The largest absolute Gasteiger partial charge is 0.478 e. The molecular formula is C15H21N3O3Si. The first-order valence-corrected chi connectivity index (χ1v) is 10.8. The summed E-state index contributed by atoms with van der Waals surface area (Å²) in [7, 11) is -1.14. The predicted molar refractivity (Wildman–Crippen MR) is 88.7 cm³/mol. The summed E-state index contributed by atoms with van der Waals surface area (Å²) in [5.41, 5.74) is 1.54. The van der Waals surface area contributed by atoms with E-state index in [1.165, 1.54) is 6.20 Å². The van der Waals surface area contributed by atoms with Crippen LogP contribution in [0.1, 0.15) is 16.1 Å². The van der Waals surface area contributed by atoms with Gasteiger partial charge in [-0.05, 0) is 12.1 Å². The van der Waals surface area contributed by atoms with Crippen LogP contribution in [0, 0.1) is 0 Å². The van der Waals surface area contributed by atoms with Gasteiger partial charge in [-0.3, -0.25) is 0 Å². The summed E-state index contributed by atoms with van der Waals surface area (Å²) < 4.78 is 7.35. The Labute approximate surface area is 130 Å². The molecule has 1 N–H and O–H groups in total. The Balaban J connectivity index is 2.23. The number of carbonyl (C=O) groups is 1. The van der Waals surface area contributed by atoms with E-state index in [9.17, 15) is 9.90 Å². The van der Waals surface area contributed by atoms with Crippen molar-refractivity contribution in [3.8, 4) is 0 Å². The van der Waals surface area contributed by atoms with E-state index < -0.39 is 14.0 Å². The van der Waals surface area contributed by atoms with Gasteiger partial charge >= 0.3 is 5.97 Å². The van der Waals surface area contributed by atoms with Gasteiger partial charge in [0.25, 0.3) is 0 Å². The summed E-state index contributed by atoms with van der Waals surface area (Å²) in [4.78, 5) is 19.9. The van der Waals surface area contributed by atoms with E-state index in [0.29, 0.717) is 23.5 Å². The zero-order valence-corrected chi connectivity index (χ0v) is 14.2. The average molecular weight is 319 g/mol. The van der Waals surface area contributed by atoms with Crippen LogP contribution < -0.4 is 0 Å². The molecule has 7 heteroatoms. The van der Waals surface area contributed by atoms with Gasteiger partial charge in [-0.25, -0.2) is 14.8 Å². The fourth-order valence-electron chi connectivity index (χ4n) is 1.96. The Morgan fingerprint density at radius 1 is 1.50 bits per heavy atom. The Morgan fingerprint density at radius 2 is 2.23 bits per heavy atom. The number of aromatic nitrogens is 3. The standard InChI is InChI=1S/C15H21N3O3Si/c1-5-11-8-16-14-13(17-11)12(15(19)20)9-18(14)10-21-6-7-22(2,3)4/h5,8-9H,1,6-7,10H2,2-4H3,(H,19,20). The smallest absolute Gasteiger partial charge is 0.339 e. The lowest BCUT2D eigenvalue weighted by molar-refractivity contribution is 0.0696. The van der Waals surface area contributed by atoms with Crippen LogP contribution in [-0.2, 0) is 11.5 Å². The third-order valence-corrected chi connectivity index (χ3v) is 4.95. The average Bonchev–Trinajstić information content (AvgIpc) is 2.80. The molecule has 0 fully saturated rings. The fourth-order valence-corrected chi connectivity index (χ4v) is 2.72. The number of nitrogens with zero attached hydrogens (tertiary/aromatic N) is 3. The van der Waals surface area contributed by atoms with E-state index in [1.54, 1.807) is 16.8 Å². The number of ether oxygens (including phenoxy) is 1. The van der Waals surface area contributed by atoms with E-state index in [1.807, 2.05) is 0 Å². The molecule has 2 heterocycles. The third-order valence-electron chi connectivity index (χ3n) is 3.25. The van der Waals surface area contributed by atoms with E-state index in [0.717, 1.165) is 6.04 Å². The second kappa shape index (κ2) is 6.41. The van der Waals surface area contributed by atoms with Crippen molar-refractivity contribution in [2.24, 2.45) is 0 Å². The molecular weight excluding hydrogens is 298 g/mol. The number of aromatic carboxylic acids is 1. The molecule has 0 aliphatic heterocycles. The first kappa shape index (κ1) is 16.4. The molecule has 0 atom stereocenters. The lowest BCUT2D eigenvalue weighted by Gasteiger charge is -2.15. The molecule has 0 unspecified atom stereocenters. The van der Waals surface area contributed by atoms with Gasteiger partial charge in [-0.2, -0.15) is 0 Å². The zero-order chi connectivity index (χ0) is 16.3. The molecule has 0 aromatic carbocycles. The van der Waals surface area contributed by atoms with E-state index in [-0.39, 0.29) is 12.3 Å². The topological polar surface area (TPSA) is 77.2 Å². The SMILES string of the molecule is C=Cc1cnc2c(n1)c(C(=O)O)cn2COCC[Si](C)(C)C. The van der Waals surface area contributed by atoms with Gasteiger partial charge in [-0.1, -0.05) is 26.2 Å². The molecule has 0 saturated heterocycles. The molecule has 22 heavy (non-hydrogen) atoms. The van der Waals surface area contributed by atoms with Crippen molar-refractivity contribution < 1.29 is 14.6 Å². The molecule has 2 aromatic rings. The highest BCUT2D eigenvalue weighted by atomic mass is 28.3. The monoisotopic (exact) mass is 319 g/mol. The van der Waals surface area contributed by atoms with Crippen LogP contribution in [0.5, 0.6) is 0 Å². The second-order valence-corrected chi connectivity index (χ2v) is 12.0. The minimum atomic E-state index is -1.14. The number of carboxylic acids is 1. The molecule has 0 radical (unpaired) electrons. The molecule has 2 rings (SSSR count). The quantitative estimate of drug-likeness (QED) is 0.627. The van der Waals surface area contributed by atoms with Crippen LogP contribution >= 0.6 is 0 Å². The Hall–Kier alpha value is -1.99. The maximum atomic E-state index is 11.3. The lowest BCUT2D eigenvalue weighted by Crippen LogP contribution is -2.22. The molecule has 118 valence electrons. The van der Waals surface area contributed by atoms with Crippen LogP contribution in [-0.4, -0.2) is 40.3 Å². The van der Waals surface area contributed by atoms with E-state index in [2.05, 4.69) is 36.2 Å². The number of hydrogen-bond donors (Lipinski definition) is 1. The Bertz CT molecular complexity index is 704. The molecule has 0 spiro atoms. The lowest BCUT2D eigenvalue weighted by atomic mass is 10.3. The summed E-state index contributed by atoms with van der Waals surface area (Å²) in [6.45, 7) is 11.4. The zero-order valence-electron chi connectivity index (χ0n) is 13.2. The maximum Gasteiger partial charge on any atom is 0.339 e.